The lowest BCUT2D eigenvalue weighted by Crippen LogP contribution is -2.33. The Hall–Kier alpha value is -1.89. The van der Waals surface area contributed by atoms with Crippen molar-refractivity contribution in [2.45, 2.75) is 33.7 Å². The maximum absolute atomic E-state index is 13.8. The molecule has 0 saturated heterocycles. The van der Waals surface area contributed by atoms with E-state index in [0.717, 1.165) is 23.5 Å². The molecule has 0 spiro atoms. The van der Waals surface area contributed by atoms with Crippen molar-refractivity contribution in [3.8, 4) is 0 Å². The molecular formula is C17H22BrFN4O. The molecule has 2 amide bonds. The first-order valence-corrected chi connectivity index (χ1v) is 8.62. The Kier molecular flexibility index (Phi) is 5.99. The first kappa shape index (κ1) is 18.4. The van der Waals surface area contributed by atoms with E-state index in [9.17, 15) is 9.18 Å². The van der Waals surface area contributed by atoms with Crippen LogP contribution in [0.3, 0.4) is 0 Å². The fourth-order valence-electron chi connectivity index (χ4n) is 2.59. The largest absolute Gasteiger partial charge is 0.327 e. The van der Waals surface area contributed by atoms with Crippen LogP contribution in [-0.4, -0.2) is 34.3 Å². The number of aryl methyl sites for hydroxylation is 2. The van der Waals surface area contributed by atoms with Crippen LogP contribution in [0.25, 0.3) is 0 Å². The number of carbonyl (C=O) groups is 1. The quantitative estimate of drug-likeness (QED) is 0.825. The number of aromatic nitrogens is 2. The minimum Gasteiger partial charge on any atom is -0.327 e. The number of benzene rings is 1. The molecule has 0 aliphatic heterocycles. The van der Waals surface area contributed by atoms with Crippen molar-refractivity contribution in [1.82, 2.24) is 14.7 Å². The molecule has 1 aromatic heterocycles. The van der Waals surface area contributed by atoms with Gasteiger partial charge in [-0.25, -0.2) is 9.18 Å². The zero-order valence-electron chi connectivity index (χ0n) is 14.4. The van der Waals surface area contributed by atoms with Crippen molar-refractivity contribution in [3.63, 3.8) is 0 Å². The monoisotopic (exact) mass is 396 g/mol. The molecule has 5 nitrogen and oxygen atoms in total. The normalized spacial score (nSPS) is 10.8. The van der Waals surface area contributed by atoms with Gasteiger partial charge in [0.2, 0.25) is 0 Å². The van der Waals surface area contributed by atoms with E-state index in [0.29, 0.717) is 17.4 Å². The van der Waals surface area contributed by atoms with Gasteiger partial charge in [-0.15, -0.1) is 0 Å². The molecule has 0 saturated carbocycles. The molecule has 0 radical (unpaired) electrons. The van der Waals surface area contributed by atoms with Gasteiger partial charge in [-0.1, -0.05) is 15.9 Å². The highest BCUT2D eigenvalue weighted by Crippen LogP contribution is 2.20. The van der Waals surface area contributed by atoms with Crippen LogP contribution in [0.2, 0.25) is 0 Å². The number of nitrogens with one attached hydrogen (secondary N) is 1. The van der Waals surface area contributed by atoms with Crippen molar-refractivity contribution >= 4 is 27.6 Å². The maximum Gasteiger partial charge on any atom is 0.321 e. The summed E-state index contributed by atoms with van der Waals surface area (Å²) in [7, 11) is 1.70. The lowest BCUT2D eigenvalue weighted by Gasteiger charge is -2.18. The van der Waals surface area contributed by atoms with E-state index in [1.165, 1.54) is 12.1 Å². The van der Waals surface area contributed by atoms with E-state index in [-0.39, 0.29) is 11.7 Å². The number of hydrogen-bond acceptors (Lipinski definition) is 2. The topological polar surface area (TPSA) is 50.2 Å². The van der Waals surface area contributed by atoms with Crippen molar-refractivity contribution in [1.29, 1.82) is 0 Å². The van der Waals surface area contributed by atoms with Crippen LogP contribution in [0, 0.1) is 19.7 Å². The number of halogens is 2. The summed E-state index contributed by atoms with van der Waals surface area (Å²) in [5.41, 5.74) is 3.44. The highest BCUT2D eigenvalue weighted by Gasteiger charge is 2.15. The molecule has 0 bridgehead atoms. The molecule has 1 N–H and O–H groups in total. The minimum atomic E-state index is -0.470. The highest BCUT2D eigenvalue weighted by molar-refractivity contribution is 9.10. The van der Waals surface area contributed by atoms with Gasteiger partial charge in [0.05, 0.1) is 11.4 Å². The molecule has 0 unspecified atom stereocenters. The molecule has 7 heteroatoms. The smallest absolute Gasteiger partial charge is 0.321 e. The third kappa shape index (κ3) is 4.14. The van der Waals surface area contributed by atoms with Crippen molar-refractivity contribution in [2.24, 2.45) is 0 Å². The number of nitrogens with zero attached hydrogens (tertiary/aromatic N) is 3. The van der Waals surface area contributed by atoms with Gasteiger partial charge in [0.1, 0.15) is 5.82 Å². The van der Waals surface area contributed by atoms with E-state index in [1.807, 2.05) is 18.5 Å². The van der Waals surface area contributed by atoms with E-state index in [1.54, 1.807) is 18.0 Å². The average Bonchev–Trinajstić information content (AvgIpc) is 2.81. The summed E-state index contributed by atoms with van der Waals surface area (Å²) in [5.74, 6) is -0.470. The first-order chi connectivity index (χ1) is 11.3. The predicted molar refractivity (Wildman–Crippen MR) is 96.8 cm³/mol. The van der Waals surface area contributed by atoms with Gasteiger partial charge in [0.25, 0.3) is 0 Å². The highest BCUT2D eigenvalue weighted by atomic mass is 79.9. The molecule has 2 rings (SSSR count). The number of hydrogen-bond donors (Lipinski definition) is 1. The van der Waals surface area contributed by atoms with Crippen LogP contribution in [0.15, 0.2) is 22.7 Å². The van der Waals surface area contributed by atoms with Gasteiger partial charge in [0, 0.05) is 30.3 Å². The predicted octanol–water partition coefficient (Wildman–Crippen LogP) is 4.13. The number of likely N-dealkylation sites (N-methyl/N-ethyl adjacent to an activating group) is 1. The SMILES string of the molecule is CCn1nc(C)c(CCN(C)C(=O)Nc2ccc(Br)cc2F)c1C. The van der Waals surface area contributed by atoms with Crippen molar-refractivity contribution < 1.29 is 9.18 Å². The summed E-state index contributed by atoms with van der Waals surface area (Å²) in [6.45, 7) is 7.42. The van der Waals surface area contributed by atoms with E-state index >= 15 is 0 Å². The molecular weight excluding hydrogens is 375 g/mol. The Morgan fingerprint density at radius 1 is 1.42 bits per heavy atom. The second kappa shape index (κ2) is 7.79. The summed E-state index contributed by atoms with van der Waals surface area (Å²) in [6.07, 6.45) is 0.713. The van der Waals surface area contributed by atoms with Gasteiger partial charge >= 0.3 is 6.03 Å². The van der Waals surface area contributed by atoms with Crippen LogP contribution in [0.1, 0.15) is 23.9 Å². The van der Waals surface area contributed by atoms with Crippen LogP contribution in [0.4, 0.5) is 14.9 Å². The summed E-state index contributed by atoms with van der Waals surface area (Å²) in [4.78, 5) is 13.8. The summed E-state index contributed by atoms with van der Waals surface area (Å²) in [6, 6.07) is 4.20. The van der Waals surface area contributed by atoms with Gasteiger partial charge < -0.3 is 10.2 Å². The van der Waals surface area contributed by atoms with Gasteiger partial charge in [0.15, 0.2) is 0 Å². The maximum atomic E-state index is 13.8. The van der Waals surface area contributed by atoms with Crippen LogP contribution in [0.5, 0.6) is 0 Å². The molecule has 2 aromatic rings. The molecule has 24 heavy (non-hydrogen) atoms. The first-order valence-electron chi connectivity index (χ1n) is 7.83. The number of urea groups is 1. The summed E-state index contributed by atoms with van der Waals surface area (Å²) >= 11 is 3.19. The molecule has 0 aliphatic rings. The van der Waals surface area contributed by atoms with Crippen molar-refractivity contribution in [2.75, 3.05) is 18.9 Å². The third-order valence-corrected chi connectivity index (χ3v) is 4.54. The number of carbonyl (C=O) groups excluding carboxylic acids is 1. The lowest BCUT2D eigenvalue weighted by atomic mass is 10.1. The number of anilines is 1. The molecule has 0 aliphatic carbocycles. The fraction of sp³-hybridized carbons (Fsp3) is 0.412. The zero-order chi connectivity index (χ0) is 17.9. The molecule has 1 aromatic carbocycles. The zero-order valence-corrected chi connectivity index (χ0v) is 15.9. The van der Waals surface area contributed by atoms with Crippen LogP contribution < -0.4 is 5.32 Å². The summed E-state index contributed by atoms with van der Waals surface area (Å²) in [5, 5.41) is 7.07. The second-order valence-corrected chi connectivity index (χ2v) is 6.61. The Morgan fingerprint density at radius 3 is 2.71 bits per heavy atom. The Balaban J connectivity index is 1.98. The van der Waals surface area contributed by atoms with Crippen LogP contribution in [-0.2, 0) is 13.0 Å². The molecule has 0 atom stereocenters. The molecule has 0 fully saturated rings. The summed E-state index contributed by atoms with van der Waals surface area (Å²) < 4.78 is 16.4. The van der Waals surface area contributed by atoms with Gasteiger partial charge in [-0.2, -0.15) is 5.10 Å². The average molecular weight is 397 g/mol. The van der Waals surface area contributed by atoms with Crippen LogP contribution >= 0.6 is 15.9 Å². The Morgan fingerprint density at radius 2 is 2.12 bits per heavy atom. The lowest BCUT2D eigenvalue weighted by molar-refractivity contribution is 0.223. The Bertz CT molecular complexity index is 744. The van der Waals surface area contributed by atoms with E-state index in [4.69, 9.17) is 0 Å². The number of amides is 2. The van der Waals surface area contributed by atoms with Gasteiger partial charge in [-0.05, 0) is 51.0 Å². The standard InChI is InChI=1S/C17H22BrFN4O/c1-5-23-12(3)14(11(2)21-23)8-9-22(4)17(24)20-16-7-6-13(18)10-15(16)19/h6-7,10H,5,8-9H2,1-4H3,(H,20,24). The molecule has 130 valence electrons. The third-order valence-electron chi connectivity index (χ3n) is 4.05. The van der Waals surface area contributed by atoms with E-state index in [2.05, 4.69) is 33.3 Å². The second-order valence-electron chi connectivity index (χ2n) is 5.69. The number of rotatable bonds is 5. The fourth-order valence-corrected chi connectivity index (χ4v) is 2.92. The van der Waals surface area contributed by atoms with Gasteiger partial charge in [-0.3, -0.25) is 4.68 Å². The minimum absolute atomic E-state index is 0.168. The van der Waals surface area contributed by atoms with Crippen molar-refractivity contribution in [3.05, 3.63) is 45.4 Å². The Labute approximate surface area is 150 Å². The van der Waals surface area contributed by atoms with E-state index < -0.39 is 5.82 Å². The molecule has 1 heterocycles.